The molecule has 0 atom stereocenters. The third-order valence-electron chi connectivity index (χ3n) is 6.02. The molecule has 1 N–H and O–H groups in total. The number of carbonyl (C=O) groups is 1. The summed E-state index contributed by atoms with van der Waals surface area (Å²) in [5.41, 5.74) is 2.85. The highest BCUT2D eigenvalue weighted by Gasteiger charge is 2.17. The van der Waals surface area contributed by atoms with E-state index in [9.17, 15) is 4.79 Å². The molecule has 0 unspecified atom stereocenters. The lowest BCUT2D eigenvalue weighted by Crippen LogP contribution is -2.44. The van der Waals surface area contributed by atoms with Gasteiger partial charge in [0.25, 0.3) is 5.91 Å². The number of nitrogens with one attached hydrogen (secondary N) is 1. The van der Waals surface area contributed by atoms with Crippen LogP contribution in [-0.4, -0.2) is 83.0 Å². The van der Waals surface area contributed by atoms with Gasteiger partial charge < -0.3 is 14.7 Å². The summed E-state index contributed by atoms with van der Waals surface area (Å²) in [7, 11) is 5.95. The van der Waals surface area contributed by atoms with Gasteiger partial charge in [0.15, 0.2) is 0 Å². The van der Waals surface area contributed by atoms with Crippen LogP contribution in [0.4, 0.5) is 17.6 Å². The Labute approximate surface area is 203 Å². The average molecular weight is 470 g/mol. The van der Waals surface area contributed by atoms with Crippen LogP contribution in [0.2, 0.25) is 0 Å². The van der Waals surface area contributed by atoms with Crippen LogP contribution in [0.15, 0.2) is 55.1 Å². The number of amides is 1. The van der Waals surface area contributed by atoms with E-state index in [0.29, 0.717) is 11.1 Å². The minimum atomic E-state index is -0.275. The number of anilines is 3. The zero-order valence-electron chi connectivity index (χ0n) is 20.0. The molecule has 4 heterocycles. The quantitative estimate of drug-likeness (QED) is 0.472. The molecule has 0 bridgehead atoms. The zero-order chi connectivity index (χ0) is 24.4. The Kier molecular flexibility index (Phi) is 6.19. The van der Waals surface area contributed by atoms with Gasteiger partial charge in [0, 0.05) is 69.2 Å². The summed E-state index contributed by atoms with van der Waals surface area (Å²) in [6, 6.07) is 9.34. The Morgan fingerprint density at radius 1 is 0.971 bits per heavy atom. The van der Waals surface area contributed by atoms with E-state index in [1.54, 1.807) is 30.9 Å². The van der Waals surface area contributed by atoms with Gasteiger partial charge in [-0.05, 0) is 25.2 Å². The predicted molar refractivity (Wildman–Crippen MR) is 137 cm³/mol. The third kappa shape index (κ3) is 5.02. The standard InChI is InChI=1S/C25H27N9O/c1-32(2)23-16-26-15-21(29-23)17-4-5-19-14-28-25(30-20(19)12-17)31-24(35)18-6-7-27-22(13-18)34-10-8-33(3)9-11-34/h4-7,12-16H,8-11H2,1-3H3,(H,28,30,31,35). The second-order valence-corrected chi connectivity index (χ2v) is 8.77. The third-order valence-corrected chi connectivity index (χ3v) is 6.02. The molecule has 10 nitrogen and oxygen atoms in total. The van der Waals surface area contributed by atoms with Gasteiger partial charge in [-0.25, -0.2) is 19.9 Å². The first-order valence-electron chi connectivity index (χ1n) is 11.4. The number of pyridine rings is 1. The van der Waals surface area contributed by atoms with Crippen LogP contribution in [0, 0.1) is 0 Å². The number of hydrogen-bond donors (Lipinski definition) is 1. The molecule has 4 aromatic rings. The van der Waals surface area contributed by atoms with Gasteiger partial charge in [-0.2, -0.15) is 0 Å². The summed E-state index contributed by atoms with van der Waals surface area (Å²) in [5, 5.41) is 3.69. The van der Waals surface area contributed by atoms with Crippen molar-refractivity contribution in [1.29, 1.82) is 0 Å². The van der Waals surface area contributed by atoms with E-state index in [1.165, 1.54) is 0 Å². The summed E-state index contributed by atoms with van der Waals surface area (Å²) in [5.74, 6) is 1.54. The van der Waals surface area contributed by atoms with Gasteiger partial charge in [0.1, 0.15) is 11.6 Å². The minimum Gasteiger partial charge on any atom is -0.361 e. The Hall–Kier alpha value is -4.18. The van der Waals surface area contributed by atoms with E-state index >= 15 is 0 Å². The Balaban J connectivity index is 1.36. The minimum absolute atomic E-state index is 0.241. The normalized spacial score (nSPS) is 14.2. The highest BCUT2D eigenvalue weighted by Crippen LogP contribution is 2.23. The summed E-state index contributed by atoms with van der Waals surface area (Å²) in [4.78, 5) is 41.6. The second kappa shape index (κ2) is 9.59. The molecule has 1 aromatic carbocycles. The summed E-state index contributed by atoms with van der Waals surface area (Å²) in [6.07, 6.45) is 6.80. The zero-order valence-corrected chi connectivity index (χ0v) is 20.0. The molecule has 5 rings (SSSR count). The van der Waals surface area contributed by atoms with Crippen molar-refractivity contribution < 1.29 is 4.79 Å². The lowest BCUT2D eigenvalue weighted by atomic mass is 10.1. The molecule has 1 fully saturated rings. The fourth-order valence-corrected chi connectivity index (χ4v) is 3.89. The van der Waals surface area contributed by atoms with E-state index in [2.05, 4.69) is 47.1 Å². The maximum Gasteiger partial charge on any atom is 0.258 e. The van der Waals surface area contributed by atoms with Crippen molar-refractivity contribution in [2.45, 2.75) is 0 Å². The van der Waals surface area contributed by atoms with Crippen molar-refractivity contribution in [2.75, 3.05) is 62.4 Å². The van der Waals surface area contributed by atoms with Crippen molar-refractivity contribution in [3.8, 4) is 11.3 Å². The summed E-state index contributed by atoms with van der Waals surface area (Å²) in [6.45, 7) is 3.70. The smallest absolute Gasteiger partial charge is 0.258 e. The summed E-state index contributed by atoms with van der Waals surface area (Å²) >= 11 is 0. The Bertz CT molecular complexity index is 1370. The molecule has 1 saturated heterocycles. The van der Waals surface area contributed by atoms with Crippen molar-refractivity contribution >= 4 is 34.4 Å². The Morgan fingerprint density at radius 2 is 1.80 bits per heavy atom. The molecule has 0 saturated carbocycles. The fraction of sp³-hybridized carbons (Fsp3) is 0.280. The number of aromatic nitrogens is 5. The lowest BCUT2D eigenvalue weighted by molar-refractivity contribution is 0.102. The molecule has 3 aromatic heterocycles. The van der Waals surface area contributed by atoms with Crippen molar-refractivity contribution in [3.63, 3.8) is 0 Å². The van der Waals surface area contributed by atoms with Gasteiger partial charge in [-0.1, -0.05) is 12.1 Å². The number of rotatable bonds is 5. The molecular formula is C25H27N9O. The van der Waals surface area contributed by atoms with Crippen molar-refractivity contribution in [1.82, 2.24) is 29.8 Å². The van der Waals surface area contributed by atoms with E-state index in [-0.39, 0.29) is 11.9 Å². The van der Waals surface area contributed by atoms with Crippen LogP contribution in [0.3, 0.4) is 0 Å². The lowest BCUT2D eigenvalue weighted by Gasteiger charge is -2.33. The molecule has 10 heteroatoms. The molecule has 1 aliphatic rings. The molecule has 35 heavy (non-hydrogen) atoms. The first kappa shape index (κ1) is 22.6. The van der Waals surface area contributed by atoms with Crippen molar-refractivity contribution in [2.24, 2.45) is 0 Å². The van der Waals surface area contributed by atoms with Gasteiger partial charge >= 0.3 is 0 Å². The molecule has 178 valence electrons. The topological polar surface area (TPSA) is 103 Å². The monoisotopic (exact) mass is 469 g/mol. The number of carbonyl (C=O) groups excluding carboxylic acids is 1. The molecular weight excluding hydrogens is 442 g/mol. The van der Waals surface area contributed by atoms with Crippen LogP contribution in [-0.2, 0) is 0 Å². The van der Waals surface area contributed by atoms with Gasteiger partial charge in [0.2, 0.25) is 5.95 Å². The molecule has 0 radical (unpaired) electrons. The maximum atomic E-state index is 13.0. The van der Waals surface area contributed by atoms with E-state index in [4.69, 9.17) is 0 Å². The first-order chi connectivity index (χ1) is 17.0. The fourth-order valence-electron chi connectivity index (χ4n) is 3.89. The van der Waals surface area contributed by atoms with E-state index < -0.39 is 0 Å². The van der Waals surface area contributed by atoms with Crippen LogP contribution in [0.5, 0.6) is 0 Å². The largest absolute Gasteiger partial charge is 0.361 e. The first-order valence-corrected chi connectivity index (χ1v) is 11.4. The van der Waals surface area contributed by atoms with Crippen LogP contribution in [0.25, 0.3) is 22.2 Å². The van der Waals surface area contributed by atoms with Crippen molar-refractivity contribution in [3.05, 3.63) is 60.7 Å². The molecule has 1 amide bonds. The summed E-state index contributed by atoms with van der Waals surface area (Å²) < 4.78 is 0. The molecule has 0 aliphatic carbocycles. The number of hydrogen-bond acceptors (Lipinski definition) is 9. The van der Waals surface area contributed by atoms with Gasteiger partial charge in [-0.15, -0.1) is 0 Å². The SMILES string of the molecule is CN1CCN(c2cc(C(=O)Nc3ncc4ccc(-c5cncc(N(C)C)n5)cc4n3)ccn2)CC1. The average Bonchev–Trinajstić information content (AvgIpc) is 2.89. The number of nitrogens with zero attached hydrogens (tertiary/aromatic N) is 8. The number of piperazine rings is 1. The van der Waals surface area contributed by atoms with Crippen LogP contribution < -0.4 is 15.1 Å². The Morgan fingerprint density at radius 3 is 2.60 bits per heavy atom. The molecule has 0 spiro atoms. The number of benzene rings is 1. The highest BCUT2D eigenvalue weighted by atomic mass is 16.1. The second-order valence-electron chi connectivity index (χ2n) is 8.77. The van der Waals surface area contributed by atoms with E-state index in [1.807, 2.05) is 43.3 Å². The number of fused-ring (bicyclic) bond motifs is 1. The van der Waals surface area contributed by atoms with Crippen LogP contribution >= 0.6 is 0 Å². The van der Waals surface area contributed by atoms with Gasteiger partial charge in [-0.3, -0.25) is 15.1 Å². The van der Waals surface area contributed by atoms with Crippen LogP contribution in [0.1, 0.15) is 10.4 Å². The maximum absolute atomic E-state index is 13.0. The van der Waals surface area contributed by atoms with Gasteiger partial charge in [0.05, 0.1) is 23.6 Å². The molecule has 1 aliphatic heterocycles. The number of likely N-dealkylation sites (N-methyl/N-ethyl adjacent to an activating group) is 1. The highest BCUT2D eigenvalue weighted by molar-refractivity contribution is 6.04. The predicted octanol–water partition coefficient (Wildman–Crippen LogP) is 2.55. The van der Waals surface area contributed by atoms with E-state index in [0.717, 1.165) is 54.5 Å².